The molecule has 0 aliphatic carbocycles. The highest BCUT2D eigenvalue weighted by Gasteiger charge is 2.16. The van der Waals surface area contributed by atoms with Crippen molar-refractivity contribution in [3.8, 4) is 5.75 Å². The van der Waals surface area contributed by atoms with Crippen molar-refractivity contribution in [1.82, 2.24) is 5.32 Å². The summed E-state index contributed by atoms with van der Waals surface area (Å²) in [6, 6.07) is 13.9. The van der Waals surface area contributed by atoms with Gasteiger partial charge in [0, 0.05) is 22.4 Å². The van der Waals surface area contributed by atoms with Crippen molar-refractivity contribution >= 4 is 17.5 Å². The molecule has 2 aromatic rings. The number of carbonyl (C=O) groups is 2. The lowest BCUT2D eigenvalue weighted by Crippen LogP contribution is -2.40. The van der Waals surface area contributed by atoms with Crippen LogP contribution in [0.15, 0.2) is 48.5 Å². The first-order chi connectivity index (χ1) is 12.6. The Bertz CT molecular complexity index is 790. The molecule has 0 fully saturated rings. The molecule has 0 spiro atoms. The van der Waals surface area contributed by atoms with Gasteiger partial charge in [0.1, 0.15) is 5.75 Å². The molecule has 0 atom stereocenters. The topological polar surface area (TPSA) is 67.4 Å². The van der Waals surface area contributed by atoms with E-state index in [2.05, 4.69) is 24.5 Å². The molecule has 2 aromatic carbocycles. The van der Waals surface area contributed by atoms with E-state index in [0.29, 0.717) is 29.3 Å². The number of hydrogen-bond acceptors (Lipinski definition) is 3. The van der Waals surface area contributed by atoms with Gasteiger partial charge in [-0.05, 0) is 69.2 Å². The van der Waals surface area contributed by atoms with E-state index in [1.165, 1.54) is 0 Å². The van der Waals surface area contributed by atoms with Crippen LogP contribution in [-0.2, 0) is 0 Å². The summed E-state index contributed by atoms with van der Waals surface area (Å²) in [4.78, 5) is 24.7. The van der Waals surface area contributed by atoms with Gasteiger partial charge in [0.05, 0.1) is 6.61 Å². The molecule has 0 aliphatic rings. The lowest BCUT2D eigenvalue weighted by molar-refractivity contribution is 0.0918. The van der Waals surface area contributed by atoms with E-state index >= 15 is 0 Å². The maximum Gasteiger partial charge on any atom is 0.255 e. The van der Waals surface area contributed by atoms with E-state index in [4.69, 9.17) is 4.74 Å². The molecule has 0 bridgehead atoms. The van der Waals surface area contributed by atoms with Gasteiger partial charge in [-0.15, -0.1) is 0 Å². The Kier molecular flexibility index (Phi) is 6.61. The van der Waals surface area contributed by atoms with Crippen LogP contribution in [0.5, 0.6) is 5.75 Å². The number of hydrogen-bond donors (Lipinski definition) is 2. The minimum Gasteiger partial charge on any atom is -0.493 e. The van der Waals surface area contributed by atoms with Crippen molar-refractivity contribution in [3.05, 3.63) is 59.7 Å². The van der Waals surface area contributed by atoms with Gasteiger partial charge in [0.25, 0.3) is 11.8 Å². The normalized spacial score (nSPS) is 11.2. The number of amides is 2. The summed E-state index contributed by atoms with van der Waals surface area (Å²) in [6.07, 6.45) is 0. The fraction of sp³-hybridized carbons (Fsp3) is 0.364. The summed E-state index contributed by atoms with van der Waals surface area (Å²) < 4.78 is 5.63. The second-order valence-corrected chi connectivity index (χ2v) is 7.97. The number of nitrogens with one attached hydrogen (secondary N) is 2. The monoisotopic (exact) mass is 368 g/mol. The Balaban J connectivity index is 2.03. The minimum atomic E-state index is -0.324. The average Bonchev–Trinajstić information content (AvgIpc) is 2.59. The Morgan fingerprint density at radius 1 is 0.963 bits per heavy atom. The predicted octanol–water partition coefficient (Wildman–Crippen LogP) is 4.50. The van der Waals surface area contributed by atoms with Crippen molar-refractivity contribution in [3.63, 3.8) is 0 Å². The van der Waals surface area contributed by atoms with E-state index < -0.39 is 0 Å². The Hall–Kier alpha value is -2.82. The van der Waals surface area contributed by atoms with Crippen LogP contribution in [0.1, 0.15) is 55.3 Å². The number of benzene rings is 2. The van der Waals surface area contributed by atoms with Crippen molar-refractivity contribution in [2.24, 2.45) is 5.92 Å². The first-order valence-corrected chi connectivity index (χ1v) is 9.11. The highest BCUT2D eigenvalue weighted by molar-refractivity contribution is 6.05. The van der Waals surface area contributed by atoms with E-state index in [1.807, 2.05) is 20.8 Å². The second-order valence-electron chi connectivity index (χ2n) is 7.97. The molecule has 5 heteroatoms. The smallest absolute Gasteiger partial charge is 0.255 e. The summed E-state index contributed by atoms with van der Waals surface area (Å²) in [6.45, 7) is 10.6. The van der Waals surface area contributed by atoms with E-state index in [9.17, 15) is 9.59 Å². The van der Waals surface area contributed by atoms with Crippen molar-refractivity contribution in [1.29, 1.82) is 0 Å². The second kappa shape index (κ2) is 8.71. The van der Waals surface area contributed by atoms with Crippen LogP contribution in [0.3, 0.4) is 0 Å². The van der Waals surface area contributed by atoms with Crippen molar-refractivity contribution < 1.29 is 14.3 Å². The molecule has 0 saturated carbocycles. The molecule has 2 amide bonds. The van der Waals surface area contributed by atoms with Crippen LogP contribution in [0.2, 0.25) is 0 Å². The maximum atomic E-state index is 12.4. The van der Waals surface area contributed by atoms with E-state index in [1.54, 1.807) is 48.5 Å². The Morgan fingerprint density at radius 3 is 2.22 bits per heavy atom. The lowest BCUT2D eigenvalue weighted by Gasteiger charge is -2.20. The van der Waals surface area contributed by atoms with Crippen molar-refractivity contribution in [2.75, 3.05) is 11.9 Å². The summed E-state index contributed by atoms with van der Waals surface area (Å²) in [5.74, 6) is 0.765. The zero-order valence-corrected chi connectivity index (χ0v) is 16.6. The van der Waals surface area contributed by atoms with Gasteiger partial charge < -0.3 is 15.4 Å². The van der Waals surface area contributed by atoms with Gasteiger partial charge in [-0.1, -0.05) is 19.9 Å². The highest BCUT2D eigenvalue weighted by Crippen LogP contribution is 2.16. The lowest BCUT2D eigenvalue weighted by atomic mass is 10.1. The molecular weight excluding hydrogens is 340 g/mol. The summed E-state index contributed by atoms with van der Waals surface area (Å²) >= 11 is 0. The van der Waals surface area contributed by atoms with Crippen LogP contribution < -0.4 is 15.4 Å². The molecular formula is C22H28N2O3. The van der Waals surface area contributed by atoms with Crippen LogP contribution >= 0.6 is 0 Å². The zero-order chi connectivity index (χ0) is 20.0. The number of carbonyl (C=O) groups excluding carboxylic acids is 2. The molecule has 0 unspecified atom stereocenters. The summed E-state index contributed by atoms with van der Waals surface area (Å²) in [7, 11) is 0. The Labute approximate surface area is 161 Å². The highest BCUT2D eigenvalue weighted by atomic mass is 16.5. The molecule has 0 saturated heterocycles. The molecule has 144 valence electrons. The van der Waals surface area contributed by atoms with Gasteiger partial charge in [-0.25, -0.2) is 0 Å². The summed E-state index contributed by atoms with van der Waals surface area (Å²) in [5, 5.41) is 5.73. The molecule has 0 aliphatic heterocycles. The van der Waals surface area contributed by atoms with Crippen LogP contribution in [-0.4, -0.2) is 24.0 Å². The molecule has 5 nitrogen and oxygen atoms in total. The van der Waals surface area contributed by atoms with Gasteiger partial charge in [-0.3, -0.25) is 9.59 Å². The quantitative estimate of drug-likeness (QED) is 0.789. The third kappa shape index (κ3) is 6.77. The fourth-order valence-corrected chi connectivity index (χ4v) is 2.32. The molecule has 0 radical (unpaired) electrons. The largest absolute Gasteiger partial charge is 0.493 e. The first kappa shape index (κ1) is 20.5. The molecule has 2 rings (SSSR count). The predicted molar refractivity (Wildman–Crippen MR) is 108 cm³/mol. The third-order valence-corrected chi connectivity index (χ3v) is 3.57. The third-order valence-electron chi connectivity index (χ3n) is 3.57. The molecule has 2 N–H and O–H groups in total. The molecule has 0 aromatic heterocycles. The molecule has 27 heavy (non-hydrogen) atoms. The first-order valence-electron chi connectivity index (χ1n) is 9.11. The van der Waals surface area contributed by atoms with Crippen molar-refractivity contribution in [2.45, 2.75) is 40.2 Å². The van der Waals surface area contributed by atoms with E-state index in [0.717, 1.165) is 5.75 Å². The number of anilines is 1. The van der Waals surface area contributed by atoms with Crippen LogP contribution in [0.4, 0.5) is 5.69 Å². The fourth-order valence-electron chi connectivity index (χ4n) is 2.32. The number of ether oxygens (including phenoxy) is 1. The SMILES string of the molecule is CC(C)COc1ccc(C(=O)Nc2cccc(C(=O)NC(C)(C)C)c2)cc1. The van der Waals surface area contributed by atoms with Crippen LogP contribution in [0.25, 0.3) is 0 Å². The van der Waals surface area contributed by atoms with Gasteiger partial charge in [-0.2, -0.15) is 0 Å². The summed E-state index contributed by atoms with van der Waals surface area (Å²) in [5.41, 5.74) is 1.27. The van der Waals surface area contributed by atoms with Gasteiger partial charge >= 0.3 is 0 Å². The van der Waals surface area contributed by atoms with Gasteiger partial charge in [0.15, 0.2) is 0 Å². The minimum absolute atomic E-state index is 0.176. The molecule has 0 heterocycles. The number of rotatable bonds is 6. The Morgan fingerprint density at radius 2 is 1.63 bits per heavy atom. The average molecular weight is 368 g/mol. The van der Waals surface area contributed by atoms with Crippen LogP contribution in [0, 0.1) is 5.92 Å². The maximum absolute atomic E-state index is 12.4. The van der Waals surface area contributed by atoms with Gasteiger partial charge in [0.2, 0.25) is 0 Å². The van der Waals surface area contributed by atoms with E-state index in [-0.39, 0.29) is 17.4 Å². The zero-order valence-electron chi connectivity index (χ0n) is 16.6. The standard InChI is InChI=1S/C22H28N2O3/c1-15(2)14-27-19-11-9-16(10-12-19)20(25)23-18-8-6-7-17(13-18)21(26)24-22(3,4)5/h6-13,15H,14H2,1-5H3,(H,23,25)(H,24,26).